The summed E-state index contributed by atoms with van der Waals surface area (Å²) < 4.78 is 10.9. The Morgan fingerprint density at radius 1 is 0.903 bits per heavy atom. The third kappa shape index (κ3) is 6.15. The van der Waals surface area contributed by atoms with Crippen LogP contribution in [0.3, 0.4) is 0 Å². The van der Waals surface area contributed by atoms with Gasteiger partial charge in [-0.05, 0) is 37.1 Å². The molecule has 1 aromatic heterocycles. The summed E-state index contributed by atoms with van der Waals surface area (Å²) in [5.74, 6) is -0.722. The number of benzene rings is 2. The number of ether oxygens (including phenoxy) is 2. The summed E-state index contributed by atoms with van der Waals surface area (Å²) in [7, 11) is 0. The van der Waals surface area contributed by atoms with E-state index in [4.69, 9.17) is 9.47 Å². The fourth-order valence-electron chi connectivity index (χ4n) is 3.15. The van der Waals surface area contributed by atoms with E-state index < -0.39 is 12.1 Å². The fraction of sp³-hybridized carbons (Fsp3) is 0.240. The van der Waals surface area contributed by atoms with Gasteiger partial charge in [-0.25, -0.2) is 9.78 Å². The summed E-state index contributed by atoms with van der Waals surface area (Å²) >= 11 is 0. The summed E-state index contributed by atoms with van der Waals surface area (Å²) in [5, 5.41) is 0. The van der Waals surface area contributed by atoms with Crippen molar-refractivity contribution in [3.8, 4) is 5.88 Å². The van der Waals surface area contributed by atoms with Crippen molar-refractivity contribution in [2.24, 2.45) is 0 Å². The number of rotatable bonds is 9. The van der Waals surface area contributed by atoms with Gasteiger partial charge in [0.2, 0.25) is 5.88 Å². The van der Waals surface area contributed by atoms with E-state index in [-0.39, 0.29) is 17.4 Å². The number of hydrogen-bond donors (Lipinski definition) is 0. The second-order valence-corrected chi connectivity index (χ2v) is 7.00. The number of aromatic nitrogens is 1. The van der Waals surface area contributed by atoms with Gasteiger partial charge in [0.15, 0.2) is 6.10 Å². The number of hydrogen-bond acceptors (Lipinski definition) is 5. The smallest absolute Gasteiger partial charge is 0.344 e. The molecular formula is C25H26N2O4. The lowest BCUT2D eigenvalue weighted by molar-refractivity contribution is -0.141. The van der Waals surface area contributed by atoms with Crippen molar-refractivity contribution >= 4 is 11.9 Å². The van der Waals surface area contributed by atoms with Gasteiger partial charge in [-0.2, -0.15) is 0 Å². The highest BCUT2D eigenvalue weighted by Gasteiger charge is 2.26. The first-order valence-electron chi connectivity index (χ1n) is 10.2. The minimum absolute atomic E-state index is 0.195. The van der Waals surface area contributed by atoms with Gasteiger partial charge in [-0.15, -0.1) is 0 Å². The first-order valence-corrected chi connectivity index (χ1v) is 10.2. The van der Waals surface area contributed by atoms with Crippen LogP contribution in [0.4, 0.5) is 0 Å². The fourth-order valence-corrected chi connectivity index (χ4v) is 3.15. The predicted molar refractivity (Wildman–Crippen MR) is 117 cm³/mol. The monoisotopic (exact) mass is 418 g/mol. The standard InChI is InChI=1S/C25H26N2O4/c1-3-30-23-22(15-10-16-26-23)25(29)31-19(2)24(28)27(17-20-11-6-4-7-12-20)18-21-13-8-5-9-14-21/h4-16,19H,3,17-18H2,1-2H3/t19-/m0/s1. The predicted octanol–water partition coefficient (Wildman–Crippen LogP) is 4.25. The molecule has 0 aliphatic carbocycles. The Morgan fingerprint density at radius 3 is 2.03 bits per heavy atom. The van der Waals surface area contributed by atoms with Crippen LogP contribution >= 0.6 is 0 Å². The number of pyridine rings is 1. The highest BCUT2D eigenvalue weighted by molar-refractivity contribution is 5.94. The maximum atomic E-state index is 13.2. The molecule has 160 valence electrons. The minimum atomic E-state index is -0.963. The van der Waals surface area contributed by atoms with Crippen LogP contribution in [0.1, 0.15) is 35.3 Å². The molecule has 0 fully saturated rings. The second-order valence-electron chi connectivity index (χ2n) is 7.00. The summed E-state index contributed by atoms with van der Waals surface area (Å²) in [6, 6.07) is 22.6. The molecular weight excluding hydrogens is 392 g/mol. The molecule has 2 aromatic carbocycles. The van der Waals surface area contributed by atoms with Crippen LogP contribution in [0.2, 0.25) is 0 Å². The Balaban J connectivity index is 1.75. The van der Waals surface area contributed by atoms with Crippen LogP contribution in [0.25, 0.3) is 0 Å². The van der Waals surface area contributed by atoms with Crippen molar-refractivity contribution in [3.05, 3.63) is 95.7 Å². The molecule has 6 heteroatoms. The average molecular weight is 418 g/mol. The SMILES string of the molecule is CCOc1ncccc1C(=O)O[C@@H](C)C(=O)N(Cc1ccccc1)Cc1ccccc1. The van der Waals surface area contributed by atoms with E-state index in [2.05, 4.69) is 4.98 Å². The molecule has 1 heterocycles. The number of carbonyl (C=O) groups excluding carboxylic acids is 2. The lowest BCUT2D eigenvalue weighted by Crippen LogP contribution is -2.39. The van der Waals surface area contributed by atoms with Crippen molar-refractivity contribution in [1.29, 1.82) is 0 Å². The third-order valence-corrected chi connectivity index (χ3v) is 4.65. The molecule has 0 bridgehead atoms. The van der Waals surface area contributed by atoms with Crippen LogP contribution < -0.4 is 4.74 Å². The van der Waals surface area contributed by atoms with Gasteiger partial charge in [-0.1, -0.05) is 60.7 Å². The second kappa shape index (κ2) is 10.9. The molecule has 1 atom stereocenters. The number of amides is 1. The zero-order valence-corrected chi connectivity index (χ0v) is 17.7. The van der Waals surface area contributed by atoms with Crippen LogP contribution in [0.5, 0.6) is 5.88 Å². The molecule has 3 aromatic rings. The van der Waals surface area contributed by atoms with E-state index in [1.165, 1.54) is 6.20 Å². The van der Waals surface area contributed by atoms with Crippen LogP contribution in [0, 0.1) is 0 Å². The highest BCUT2D eigenvalue weighted by Crippen LogP contribution is 2.18. The quantitative estimate of drug-likeness (QED) is 0.486. The number of carbonyl (C=O) groups is 2. The average Bonchev–Trinajstić information content (AvgIpc) is 2.80. The number of nitrogens with zero attached hydrogens (tertiary/aromatic N) is 2. The molecule has 0 saturated heterocycles. The van der Waals surface area contributed by atoms with E-state index in [0.29, 0.717) is 19.7 Å². The van der Waals surface area contributed by atoms with Gasteiger partial charge in [-0.3, -0.25) is 4.79 Å². The molecule has 31 heavy (non-hydrogen) atoms. The van der Waals surface area contributed by atoms with Gasteiger partial charge in [0.1, 0.15) is 5.56 Å². The Hall–Kier alpha value is -3.67. The van der Waals surface area contributed by atoms with Gasteiger partial charge >= 0.3 is 5.97 Å². The molecule has 0 aliphatic rings. The molecule has 0 aliphatic heterocycles. The Morgan fingerprint density at radius 2 is 1.48 bits per heavy atom. The molecule has 0 N–H and O–H groups in total. The molecule has 0 radical (unpaired) electrons. The molecule has 6 nitrogen and oxygen atoms in total. The lowest BCUT2D eigenvalue weighted by atomic mass is 10.1. The topological polar surface area (TPSA) is 68.7 Å². The maximum absolute atomic E-state index is 13.2. The van der Waals surface area contributed by atoms with E-state index in [9.17, 15) is 9.59 Å². The van der Waals surface area contributed by atoms with Gasteiger partial charge in [0.05, 0.1) is 6.61 Å². The number of esters is 1. The van der Waals surface area contributed by atoms with Crippen LogP contribution in [-0.2, 0) is 22.6 Å². The van der Waals surface area contributed by atoms with Crippen LogP contribution in [0.15, 0.2) is 79.0 Å². The molecule has 0 saturated carbocycles. The summed E-state index contributed by atoms with van der Waals surface area (Å²) in [5.41, 5.74) is 2.19. The maximum Gasteiger partial charge on any atom is 0.344 e. The van der Waals surface area contributed by atoms with Gasteiger partial charge < -0.3 is 14.4 Å². The Bertz CT molecular complexity index is 951. The van der Waals surface area contributed by atoms with E-state index in [1.54, 1.807) is 30.9 Å². The van der Waals surface area contributed by atoms with Gasteiger partial charge in [0, 0.05) is 19.3 Å². The van der Waals surface area contributed by atoms with E-state index in [0.717, 1.165) is 11.1 Å². The minimum Gasteiger partial charge on any atom is -0.477 e. The molecule has 0 unspecified atom stereocenters. The molecule has 3 rings (SSSR count). The normalized spacial score (nSPS) is 11.4. The summed E-state index contributed by atoms with van der Waals surface area (Å²) in [6.45, 7) is 4.58. The van der Waals surface area contributed by atoms with Crippen molar-refractivity contribution in [3.63, 3.8) is 0 Å². The first kappa shape index (κ1) is 22.0. The Labute approximate surface area is 182 Å². The zero-order chi connectivity index (χ0) is 22.1. The largest absolute Gasteiger partial charge is 0.477 e. The third-order valence-electron chi connectivity index (χ3n) is 4.65. The van der Waals surface area contributed by atoms with Crippen molar-refractivity contribution in [2.45, 2.75) is 33.0 Å². The summed E-state index contributed by atoms with van der Waals surface area (Å²) in [4.78, 5) is 31.7. The zero-order valence-electron chi connectivity index (χ0n) is 17.7. The van der Waals surface area contributed by atoms with Gasteiger partial charge in [0.25, 0.3) is 5.91 Å². The Kier molecular flexibility index (Phi) is 7.76. The molecule has 0 spiro atoms. The van der Waals surface area contributed by atoms with Crippen molar-refractivity contribution in [2.75, 3.05) is 6.61 Å². The highest BCUT2D eigenvalue weighted by atomic mass is 16.6. The summed E-state index contributed by atoms with van der Waals surface area (Å²) in [6.07, 6.45) is 0.576. The first-order chi connectivity index (χ1) is 15.1. The molecule has 1 amide bonds. The van der Waals surface area contributed by atoms with Crippen molar-refractivity contribution in [1.82, 2.24) is 9.88 Å². The van der Waals surface area contributed by atoms with Crippen LogP contribution in [-0.4, -0.2) is 34.5 Å². The lowest BCUT2D eigenvalue weighted by Gasteiger charge is -2.26. The van der Waals surface area contributed by atoms with E-state index in [1.807, 2.05) is 60.7 Å². The van der Waals surface area contributed by atoms with Crippen molar-refractivity contribution < 1.29 is 19.1 Å². The van der Waals surface area contributed by atoms with E-state index >= 15 is 0 Å².